The van der Waals surface area contributed by atoms with Crippen LogP contribution in [0.3, 0.4) is 0 Å². The maximum atomic E-state index is 13.0. The van der Waals surface area contributed by atoms with Gasteiger partial charge in [-0.3, -0.25) is 9.69 Å². The molecule has 1 amide bonds. The van der Waals surface area contributed by atoms with Gasteiger partial charge in [-0.15, -0.1) is 0 Å². The normalized spacial score (nSPS) is 22.4. The van der Waals surface area contributed by atoms with Crippen molar-refractivity contribution in [3.8, 4) is 0 Å². The van der Waals surface area contributed by atoms with Crippen molar-refractivity contribution >= 4 is 28.4 Å². The van der Waals surface area contributed by atoms with Gasteiger partial charge in [0.25, 0.3) is 5.91 Å². The highest BCUT2D eigenvalue weighted by Gasteiger charge is 2.35. The predicted octanol–water partition coefficient (Wildman–Crippen LogP) is 5.74. The summed E-state index contributed by atoms with van der Waals surface area (Å²) in [5.41, 5.74) is 4.27. The third kappa shape index (κ3) is 4.72. The van der Waals surface area contributed by atoms with Gasteiger partial charge in [-0.25, -0.2) is 0 Å². The number of aromatic nitrogens is 1. The Kier molecular flexibility index (Phi) is 6.25. The van der Waals surface area contributed by atoms with E-state index in [-0.39, 0.29) is 11.9 Å². The fourth-order valence-electron chi connectivity index (χ4n) is 5.61. The first-order valence-electron chi connectivity index (χ1n) is 11.9. The summed E-state index contributed by atoms with van der Waals surface area (Å²) in [6.45, 7) is 4.33. The van der Waals surface area contributed by atoms with Gasteiger partial charge in [-0.2, -0.15) is 0 Å². The van der Waals surface area contributed by atoms with Crippen molar-refractivity contribution in [2.75, 3.05) is 13.1 Å². The molecule has 1 saturated heterocycles. The van der Waals surface area contributed by atoms with Crippen LogP contribution in [0.1, 0.15) is 53.7 Å². The number of fused-ring (bicyclic) bond motifs is 1. The summed E-state index contributed by atoms with van der Waals surface area (Å²) in [4.78, 5) is 18.9. The molecule has 1 aliphatic heterocycles. The summed E-state index contributed by atoms with van der Waals surface area (Å²) < 4.78 is 0. The van der Waals surface area contributed by atoms with Crippen molar-refractivity contribution in [2.24, 2.45) is 5.92 Å². The van der Waals surface area contributed by atoms with Crippen LogP contribution in [0.5, 0.6) is 0 Å². The number of halogens is 1. The molecule has 5 rings (SSSR count). The van der Waals surface area contributed by atoms with Gasteiger partial charge >= 0.3 is 0 Å². The third-order valence-electron chi connectivity index (χ3n) is 7.37. The number of nitrogens with one attached hydrogen (secondary N) is 2. The molecule has 0 radical (unpaired) electrons. The number of rotatable bonds is 5. The van der Waals surface area contributed by atoms with Crippen molar-refractivity contribution in [1.29, 1.82) is 0 Å². The maximum Gasteiger partial charge on any atom is 0.268 e. The number of carbonyl (C=O) groups is 1. The largest absolute Gasteiger partial charge is 0.351 e. The minimum absolute atomic E-state index is 0.0216. The Morgan fingerprint density at radius 3 is 2.62 bits per heavy atom. The first-order valence-corrected chi connectivity index (χ1v) is 12.3. The van der Waals surface area contributed by atoms with Gasteiger partial charge in [0.2, 0.25) is 0 Å². The Bertz CT molecular complexity index is 1080. The number of aromatic amines is 1. The lowest BCUT2D eigenvalue weighted by Gasteiger charge is -2.38. The molecule has 0 bridgehead atoms. The second-order valence-electron chi connectivity index (χ2n) is 9.66. The average molecular weight is 450 g/mol. The number of piperidine rings is 1. The van der Waals surface area contributed by atoms with Crippen molar-refractivity contribution in [3.05, 3.63) is 70.4 Å². The number of amides is 1. The van der Waals surface area contributed by atoms with Gasteiger partial charge < -0.3 is 10.3 Å². The molecule has 168 valence electrons. The second-order valence-corrected chi connectivity index (χ2v) is 10.1. The molecular formula is C27H32ClN3O. The van der Waals surface area contributed by atoms with E-state index in [2.05, 4.69) is 46.4 Å². The topological polar surface area (TPSA) is 48.1 Å². The molecule has 2 aromatic carbocycles. The first-order chi connectivity index (χ1) is 15.5. The summed E-state index contributed by atoms with van der Waals surface area (Å²) in [5, 5.41) is 5.25. The van der Waals surface area contributed by atoms with Crippen LogP contribution < -0.4 is 5.32 Å². The summed E-state index contributed by atoms with van der Waals surface area (Å²) in [6.07, 6.45) is 7.02. The fourth-order valence-corrected chi connectivity index (χ4v) is 5.73. The molecule has 4 nitrogen and oxygen atoms in total. The molecule has 2 aliphatic rings. The van der Waals surface area contributed by atoms with Crippen molar-refractivity contribution in [1.82, 2.24) is 15.2 Å². The highest BCUT2D eigenvalue weighted by molar-refractivity contribution is 6.30. The minimum Gasteiger partial charge on any atom is -0.351 e. The van der Waals surface area contributed by atoms with Gasteiger partial charge in [-0.1, -0.05) is 35.4 Å². The van der Waals surface area contributed by atoms with E-state index in [1.807, 2.05) is 24.3 Å². The second kappa shape index (κ2) is 9.29. The molecule has 0 spiro atoms. The number of carbonyl (C=O) groups excluding carboxylic acids is 1. The Morgan fingerprint density at radius 1 is 1.06 bits per heavy atom. The van der Waals surface area contributed by atoms with Gasteiger partial charge in [-0.05, 0) is 100 Å². The zero-order chi connectivity index (χ0) is 22.1. The molecule has 2 N–H and O–H groups in total. The number of hydrogen-bond acceptors (Lipinski definition) is 2. The Labute approximate surface area is 195 Å². The molecule has 2 fully saturated rings. The summed E-state index contributed by atoms with van der Waals surface area (Å²) >= 11 is 6.02. The lowest BCUT2D eigenvalue weighted by molar-refractivity contribution is 0.0858. The summed E-state index contributed by atoms with van der Waals surface area (Å²) in [5.74, 6) is 0.755. The molecular weight excluding hydrogens is 418 g/mol. The average Bonchev–Trinajstić information content (AvgIpc) is 3.42. The highest BCUT2D eigenvalue weighted by Crippen LogP contribution is 2.30. The zero-order valence-corrected chi connectivity index (χ0v) is 19.5. The predicted molar refractivity (Wildman–Crippen MR) is 131 cm³/mol. The minimum atomic E-state index is 0.0216. The number of aryl methyl sites for hydroxylation is 1. The zero-order valence-electron chi connectivity index (χ0n) is 18.7. The van der Waals surface area contributed by atoms with Crippen LogP contribution in [0.4, 0.5) is 0 Å². The molecule has 32 heavy (non-hydrogen) atoms. The summed E-state index contributed by atoms with van der Waals surface area (Å²) in [7, 11) is 0. The van der Waals surface area contributed by atoms with Crippen LogP contribution in [0.2, 0.25) is 5.02 Å². The van der Waals surface area contributed by atoms with Crippen LogP contribution in [0.25, 0.3) is 10.9 Å². The molecule has 2 unspecified atom stereocenters. The Hall–Kier alpha value is -2.30. The molecule has 2 heterocycles. The van der Waals surface area contributed by atoms with E-state index in [0.29, 0.717) is 11.7 Å². The number of likely N-dealkylation sites (tertiary alicyclic amines) is 1. The van der Waals surface area contributed by atoms with Crippen molar-refractivity contribution in [2.45, 2.75) is 57.5 Å². The molecule has 3 aromatic rings. The molecule has 1 aromatic heterocycles. The smallest absolute Gasteiger partial charge is 0.268 e. The van der Waals surface area contributed by atoms with E-state index >= 15 is 0 Å². The van der Waals surface area contributed by atoms with Gasteiger partial charge in [0.05, 0.1) is 0 Å². The number of nitrogens with zero attached hydrogens (tertiary/aromatic N) is 1. The SMILES string of the molecule is Cc1ccc2[nH]c(C(=O)NC3CCCC3N3CCC(Cc4ccc(Cl)cc4)CC3)cc2c1. The third-order valence-corrected chi connectivity index (χ3v) is 7.62. The highest BCUT2D eigenvalue weighted by atomic mass is 35.5. The van der Waals surface area contributed by atoms with Crippen LogP contribution in [0, 0.1) is 12.8 Å². The standard InChI is InChI=1S/C27H32ClN3O/c1-18-5-10-23-21(15-18)17-25(29-23)27(32)30-24-3-2-4-26(24)31-13-11-20(12-14-31)16-19-6-8-22(28)9-7-19/h5-10,15,17,20,24,26,29H,2-4,11-14,16H2,1H3,(H,30,32). The lowest BCUT2D eigenvalue weighted by atomic mass is 9.89. The van der Waals surface area contributed by atoms with E-state index < -0.39 is 0 Å². The van der Waals surface area contributed by atoms with Crippen molar-refractivity contribution < 1.29 is 4.79 Å². The van der Waals surface area contributed by atoms with E-state index in [9.17, 15) is 4.79 Å². The number of H-pyrrole nitrogens is 1. The van der Waals surface area contributed by atoms with Crippen molar-refractivity contribution in [3.63, 3.8) is 0 Å². The van der Waals surface area contributed by atoms with Crippen LogP contribution in [0.15, 0.2) is 48.5 Å². The van der Waals surface area contributed by atoms with Gasteiger partial charge in [0, 0.05) is 28.0 Å². The molecule has 1 aliphatic carbocycles. The molecule has 5 heteroatoms. The number of hydrogen-bond donors (Lipinski definition) is 2. The van der Waals surface area contributed by atoms with Crippen LogP contribution in [-0.2, 0) is 6.42 Å². The number of benzene rings is 2. The van der Waals surface area contributed by atoms with Gasteiger partial charge in [0.1, 0.15) is 5.69 Å². The lowest BCUT2D eigenvalue weighted by Crippen LogP contribution is -2.51. The van der Waals surface area contributed by atoms with Gasteiger partial charge in [0.15, 0.2) is 0 Å². The van der Waals surface area contributed by atoms with Crippen LogP contribution >= 0.6 is 11.6 Å². The Morgan fingerprint density at radius 2 is 1.84 bits per heavy atom. The van der Waals surface area contributed by atoms with E-state index in [0.717, 1.165) is 47.8 Å². The first kappa shape index (κ1) is 21.5. The summed E-state index contributed by atoms with van der Waals surface area (Å²) in [6, 6.07) is 17.2. The van der Waals surface area contributed by atoms with E-state index in [1.54, 1.807) is 0 Å². The fraction of sp³-hybridized carbons (Fsp3) is 0.444. The maximum absolute atomic E-state index is 13.0. The quantitative estimate of drug-likeness (QED) is 0.522. The van der Waals surface area contributed by atoms with E-state index in [4.69, 9.17) is 11.6 Å². The monoisotopic (exact) mass is 449 g/mol. The van der Waals surface area contributed by atoms with Crippen LogP contribution in [-0.4, -0.2) is 41.0 Å². The molecule has 1 saturated carbocycles. The van der Waals surface area contributed by atoms with E-state index in [1.165, 1.54) is 36.8 Å². The molecule has 2 atom stereocenters. The Balaban J connectivity index is 1.17.